The smallest absolute Gasteiger partial charge is 0.119 e. The van der Waals surface area contributed by atoms with Crippen LogP contribution < -0.4 is 5.90 Å². The average Bonchev–Trinajstić information content (AvgIpc) is 1.35. The van der Waals surface area contributed by atoms with Gasteiger partial charge in [-0.1, -0.05) is 0 Å². The van der Waals surface area contributed by atoms with E-state index < -0.39 is 0 Å². The summed E-state index contributed by atoms with van der Waals surface area (Å²) in [5.41, 5.74) is -0.0694. The Morgan fingerprint density at radius 3 is 1.43 bits per heavy atom. The van der Waals surface area contributed by atoms with Crippen molar-refractivity contribution in [3.63, 3.8) is 0 Å². The van der Waals surface area contributed by atoms with Crippen LogP contribution in [0, 0.1) is 0 Å². The molecule has 0 unspecified atom stereocenters. The molecule has 4 N–H and O–H groups in total. The molecule has 0 aromatic rings. The summed E-state index contributed by atoms with van der Waals surface area (Å²) in [4.78, 5) is 4.69. The van der Waals surface area contributed by atoms with Crippen LogP contribution in [0.2, 0.25) is 0 Å². The standard InChI is InChI=1S/C4H12NO.H2O/c1-4(2,3)6-5;/h1-3,5H3;1H2/q+1;/p-1. The summed E-state index contributed by atoms with van der Waals surface area (Å²) in [5.74, 6) is 3.26. The molecule has 0 aliphatic heterocycles. The lowest BCUT2D eigenvalue weighted by molar-refractivity contribution is -0.714. The maximum Gasteiger partial charge on any atom is 0.119 e. The molecule has 0 saturated carbocycles. The first-order valence-corrected chi connectivity index (χ1v) is 1.99. The average molecular weight is 107 g/mol. The molecule has 0 heterocycles. The molecule has 0 amide bonds. The molecule has 0 radical (unpaired) electrons. The van der Waals surface area contributed by atoms with Crippen molar-refractivity contribution in [1.82, 2.24) is 0 Å². The van der Waals surface area contributed by atoms with Gasteiger partial charge in [0.25, 0.3) is 0 Å². The molecular weight excluding hydrogens is 94.0 g/mol. The second-order valence-corrected chi connectivity index (χ2v) is 2.26. The summed E-state index contributed by atoms with van der Waals surface area (Å²) >= 11 is 0. The molecule has 0 aromatic heterocycles. The second kappa shape index (κ2) is 2.96. The van der Waals surface area contributed by atoms with E-state index in [-0.39, 0.29) is 11.1 Å². The Kier molecular flexibility index (Phi) is 4.22. The predicted octanol–water partition coefficient (Wildman–Crippen LogP) is -0.218. The van der Waals surface area contributed by atoms with Crippen LogP contribution in [0.3, 0.4) is 0 Å². The summed E-state index contributed by atoms with van der Waals surface area (Å²) < 4.78 is 0. The lowest BCUT2D eigenvalue weighted by Gasteiger charge is -2.08. The first-order valence-electron chi connectivity index (χ1n) is 1.99. The van der Waals surface area contributed by atoms with Gasteiger partial charge in [0.15, 0.2) is 0 Å². The van der Waals surface area contributed by atoms with E-state index in [0.29, 0.717) is 0 Å². The molecule has 0 bridgehead atoms. The van der Waals surface area contributed by atoms with Crippen LogP contribution in [0.5, 0.6) is 0 Å². The van der Waals surface area contributed by atoms with Crippen LogP contribution >= 0.6 is 0 Å². The minimum atomic E-state index is -0.0694. The molecule has 0 rings (SSSR count). The van der Waals surface area contributed by atoms with Crippen LogP contribution in [-0.4, -0.2) is 11.1 Å². The third kappa shape index (κ3) is 10.7. The molecular formula is C4H13NO2. The molecule has 3 heteroatoms. The van der Waals surface area contributed by atoms with Crippen molar-refractivity contribution in [3.8, 4) is 0 Å². The van der Waals surface area contributed by atoms with Crippen molar-refractivity contribution in [2.45, 2.75) is 26.4 Å². The van der Waals surface area contributed by atoms with Crippen LogP contribution in [-0.2, 0) is 4.84 Å². The molecule has 46 valence electrons. The van der Waals surface area contributed by atoms with E-state index in [9.17, 15) is 0 Å². The molecule has 0 aromatic carbocycles. The van der Waals surface area contributed by atoms with Gasteiger partial charge in [0.05, 0.1) is 0 Å². The van der Waals surface area contributed by atoms with Gasteiger partial charge >= 0.3 is 0 Å². The summed E-state index contributed by atoms with van der Waals surface area (Å²) in [5, 5.41) is 0. The highest BCUT2D eigenvalue weighted by Crippen LogP contribution is 1.98. The van der Waals surface area contributed by atoms with Gasteiger partial charge in [0.2, 0.25) is 0 Å². The molecule has 0 fully saturated rings. The SMILES string of the molecule is CC(C)(C)O[NH3+].[OH-]. The van der Waals surface area contributed by atoms with E-state index in [1.807, 2.05) is 20.8 Å². The maximum atomic E-state index is 4.69. The highest BCUT2D eigenvalue weighted by Gasteiger charge is 2.08. The molecule has 0 spiro atoms. The Morgan fingerprint density at radius 2 is 1.43 bits per heavy atom. The van der Waals surface area contributed by atoms with Crippen LogP contribution in [0.25, 0.3) is 0 Å². The van der Waals surface area contributed by atoms with Gasteiger partial charge in [-0.2, -0.15) is 0 Å². The third-order valence-electron chi connectivity index (χ3n) is 0.433. The van der Waals surface area contributed by atoms with E-state index in [1.54, 1.807) is 0 Å². The molecule has 0 saturated heterocycles. The zero-order valence-corrected chi connectivity index (χ0v) is 5.06. The summed E-state index contributed by atoms with van der Waals surface area (Å²) in [6.07, 6.45) is 0. The zero-order valence-electron chi connectivity index (χ0n) is 5.06. The zero-order chi connectivity index (χ0) is 5.21. The van der Waals surface area contributed by atoms with Gasteiger partial charge in [-0.3, -0.25) is 0 Å². The first-order chi connectivity index (χ1) is 2.56. The van der Waals surface area contributed by atoms with Crippen molar-refractivity contribution in [2.75, 3.05) is 0 Å². The second-order valence-electron chi connectivity index (χ2n) is 2.26. The molecule has 3 nitrogen and oxygen atoms in total. The fourth-order valence-electron chi connectivity index (χ4n) is 0. The van der Waals surface area contributed by atoms with Gasteiger partial charge in [-0.25, -0.2) is 10.7 Å². The Bertz CT molecular complexity index is 39.4. The van der Waals surface area contributed by atoms with Crippen molar-refractivity contribution in [1.29, 1.82) is 0 Å². The molecule has 0 aliphatic carbocycles. The summed E-state index contributed by atoms with van der Waals surface area (Å²) in [6, 6.07) is 0. The molecule has 7 heavy (non-hydrogen) atoms. The Balaban J connectivity index is 0. The Hall–Kier alpha value is -0.120. The summed E-state index contributed by atoms with van der Waals surface area (Å²) in [7, 11) is 0. The minimum absolute atomic E-state index is 0. The molecule has 0 atom stereocenters. The normalized spacial score (nSPS) is 10.3. The van der Waals surface area contributed by atoms with Crippen molar-refractivity contribution in [2.24, 2.45) is 0 Å². The summed E-state index contributed by atoms with van der Waals surface area (Å²) in [6.45, 7) is 5.88. The quantitative estimate of drug-likeness (QED) is 0.435. The Morgan fingerprint density at radius 1 is 1.29 bits per heavy atom. The van der Waals surface area contributed by atoms with Gasteiger partial charge in [0.1, 0.15) is 5.60 Å². The first kappa shape index (κ1) is 9.99. The lowest BCUT2D eigenvalue weighted by Crippen LogP contribution is -2.55. The van der Waals surface area contributed by atoms with E-state index in [4.69, 9.17) is 0 Å². The van der Waals surface area contributed by atoms with E-state index >= 15 is 0 Å². The van der Waals surface area contributed by atoms with Crippen LogP contribution in [0.1, 0.15) is 20.8 Å². The van der Waals surface area contributed by atoms with E-state index in [2.05, 4.69) is 10.7 Å². The van der Waals surface area contributed by atoms with Crippen molar-refractivity contribution >= 4 is 0 Å². The van der Waals surface area contributed by atoms with E-state index in [0.717, 1.165) is 0 Å². The number of rotatable bonds is 0. The number of quaternary nitrogens is 1. The number of hydrogen-bond acceptors (Lipinski definition) is 2. The van der Waals surface area contributed by atoms with Gasteiger partial charge in [-0.05, 0) is 20.8 Å². The highest BCUT2D eigenvalue weighted by atomic mass is 16.6. The highest BCUT2D eigenvalue weighted by molar-refractivity contribution is 4.53. The third-order valence-corrected chi connectivity index (χ3v) is 0.433. The topological polar surface area (TPSA) is 66.9 Å². The van der Waals surface area contributed by atoms with Gasteiger partial charge in [0, 0.05) is 0 Å². The number of hydrogen-bond donors (Lipinski definition) is 1. The fourth-order valence-corrected chi connectivity index (χ4v) is 0. The monoisotopic (exact) mass is 107 g/mol. The predicted molar refractivity (Wildman–Crippen MR) is 25.7 cm³/mol. The minimum Gasteiger partial charge on any atom is -0.870 e. The largest absolute Gasteiger partial charge is 0.870 e. The van der Waals surface area contributed by atoms with Crippen molar-refractivity contribution in [3.05, 3.63) is 0 Å². The van der Waals surface area contributed by atoms with Crippen LogP contribution in [0.15, 0.2) is 0 Å². The van der Waals surface area contributed by atoms with Gasteiger partial charge in [-0.15, -0.1) is 0 Å². The lowest BCUT2D eigenvalue weighted by atomic mass is 10.2. The van der Waals surface area contributed by atoms with E-state index in [1.165, 1.54) is 0 Å². The van der Waals surface area contributed by atoms with Crippen molar-refractivity contribution < 1.29 is 16.2 Å². The fraction of sp³-hybridized carbons (Fsp3) is 1.00. The van der Waals surface area contributed by atoms with Crippen LogP contribution in [0.4, 0.5) is 0 Å². The van der Waals surface area contributed by atoms with Gasteiger partial charge < -0.3 is 5.48 Å². The Labute approximate surface area is 43.7 Å². The molecule has 0 aliphatic rings. The maximum absolute atomic E-state index is 4.69.